The van der Waals surface area contributed by atoms with Gasteiger partial charge in [0.25, 0.3) is 5.91 Å². The quantitative estimate of drug-likeness (QED) is 0.202. The van der Waals surface area contributed by atoms with Crippen LogP contribution in [0.2, 0.25) is 0 Å². The van der Waals surface area contributed by atoms with E-state index in [4.69, 9.17) is 10.5 Å². The average Bonchev–Trinajstić information content (AvgIpc) is 3.40. The number of fused-ring (bicyclic) bond motifs is 1. The number of benzene rings is 2. The smallest absolute Gasteiger partial charge is 0.345 e. The Morgan fingerprint density at radius 2 is 1.84 bits per heavy atom. The summed E-state index contributed by atoms with van der Waals surface area (Å²) in [4.78, 5) is 57.3. The number of ketones is 1. The van der Waals surface area contributed by atoms with Gasteiger partial charge in [0.1, 0.15) is 11.9 Å². The summed E-state index contributed by atoms with van der Waals surface area (Å²) >= 11 is 1.40. The Kier molecular flexibility index (Phi) is 11.6. The molecule has 1 unspecified atom stereocenters. The summed E-state index contributed by atoms with van der Waals surface area (Å²) in [6, 6.07) is 18.1. The Labute approximate surface area is 265 Å². The Bertz CT molecular complexity index is 1700. The molecule has 1 atom stereocenters. The molecule has 0 aliphatic rings. The van der Waals surface area contributed by atoms with Crippen molar-refractivity contribution in [3.8, 4) is 0 Å². The van der Waals surface area contributed by atoms with Crippen LogP contribution in [0.25, 0.3) is 23.1 Å². The fraction of sp³-hybridized carbons (Fsp3) is 0.273. The molecular formula is C33H36N6O5S. The van der Waals surface area contributed by atoms with E-state index < -0.39 is 18.1 Å². The number of hydrogen-bond donors (Lipinski definition) is 2. The maximum absolute atomic E-state index is 14.0. The highest BCUT2D eigenvalue weighted by molar-refractivity contribution is 7.99. The second-order valence-electron chi connectivity index (χ2n) is 10.3. The van der Waals surface area contributed by atoms with Crippen LogP contribution in [0, 0.1) is 0 Å². The first-order valence-electron chi connectivity index (χ1n) is 14.5. The Morgan fingerprint density at radius 3 is 2.56 bits per heavy atom. The molecule has 4 aromatic rings. The van der Waals surface area contributed by atoms with Crippen LogP contribution in [0.1, 0.15) is 48.4 Å². The van der Waals surface area contributed by atoms with E-state index in [1.54, 1.807) is 38.4 Å². The molecule has 2 aromatic heterocycles. The second kappa shape index (κ2) is 15.8. The predicted molar refractivity (Wildman–Crippen MR) is 174 cm³/mol. The summed E-state index contributed by atoms with van der Waals surface area (Å²) in [5, 5.41) is 8.09. The molecule has 2 amide bonds. The number of nitrogens with one attached hydrogen (secondary N) is 1. The van der Waals surface area contributed by atoms with E-state index in [0.29, 0.717) is 16.8 Å². The number of aromatic nitrogens is 3. The van der Waals surface area contributed by atoms with Gasteiger partial charge in [0.15, 0.2) is 0 Å². The fourth-order valence-electron chi connectivity index (χ4n) is 4.56. The van der Waals surface area contributed by atoms with Gasteiger partial charge < -0.3 is 25.5 Å². The number of hydrogen-bond acceptors (Lipinski definition) is 9. The Hall–Kier alpha value is -4.81. The van der Waals surface area contributed by atoms with Gasteiger partial charge in [-0.1, -0.05) is 30.0 Å². The van der Waals surface area contributed by atoms with Crippen LogP contribution in [-0.4, -0.2) is 76.1 Å². The predicted octanol–water partition coefficient (Wildman–Crippen LogP) is 4.64. The van der Waals surface area contributed by atoms with Crippen LogP contribution in [0.5, 0.6) is 0 Å². The molecule has 0 spiro atoms. The van der Waals surface area contributed by atoms with Crippen LogP contribution >= 0.6 is 11.8 Å². The standard InChI is InChI=1S/C33H36N6O5S/c1-22(40)11-16-31(41)44-23(2)21-38(19-17-34)33(43)39-29-20-25(45-30-10-5-4-9-27(30)32(42)35-3)13-14-26(29)28(37-39)15-12-24-8-6-7-18-36-24/h4-10,12-15,18,20,23H,11,16-17,19,21,34H2,1-3H3,(H,35,42)/b15-12+. The number of rotatable bonds is 13. The highest BCUT2D eigenvalue weighted by Gasteiger charge is 2.24. The molecule has 0 fully saturated rings. The topological polar surface area (TPSA) is 150 Å². The summed E-state index contributed by atoms with van der Waals surface area (Å²) in [6.45, 7) is 3.55. The minimum Gasteiger partial charge on any atom is -0.461 e. The number of nitrogens with two attached hydrogens (primary N) is 1. The molecule has 4 rings (SSSR count). The lowest BCUT2D eigenvalue weighted by Gasteiger charge is -2.25. The monoisotopic (exact) mass is 628 g/mol. The molecule has 0 bridgehead atoms. The van der Waals surface area contributed by atoms with Crippen molar-refractivity contribution in [3.63, 3.8) is 0 Å². The highest BCUT2D eigenvalue weighted by atomic mass is 32.2. The first-order valence-corrected chi connectivity index (χ1v) is 15.3. The normalized spacial score (nSPS) is 11.8. The SMILES string of the molecule is CNC(=O)c1ccccc1Sc1ccc2c(/C=C/c3ccccn3)nn(C(=O)N(CCN)CC(C)OC(=O)CCC(C)=O)c2c1. The Balaban J connectivity index is 1.69. The summed E-state index contributed by atoms with van der Waals surface area (Å²) in [7, 11) is 1.58. The zero-order chi connectivity index (χ0) is 32.3. The van der Waals surface area contributed by atoms with Crippen molar-refractivity contribution in [1.82, 2.24) is 25.0 Å². The molecule has 0 radical (unpaired) electrons. The molecule has 12 heteroatoms. The zero-order valence-corrected chi connectivity index (χ0v) is 26.3. The minimum atomic E-state index is -0.641. The number of carbonyl (C=O) groups excluding carboxylic acids is 4. The van der Waals surface area contributed by atoms with Crippen LogP contribution in [0.4, 0.5) is 4.79 Å². The number of esters is 1. The van der Waals surface area contributed by atoms with E-state index >= 15 is 0 Å². The molecule has 0 aliphatic heterocycles. The van der Waals surface area contributed by atoms with E-state index in [9.17, 15) is 19.2 Å². The van der Waals surface area contributed by atoms with Crippen LogP contribution in [-0.2, 0) is 14.3 Å². The summed E-state index contributed by atoms with van der Waals surface area (Å²) in [5.41, 5.74) is 8.25. The molecule has 2 heterocycles. The number of ether oxygens (including phenoxy) is 1. The number of Topliss-reactive ketones (excluding diaryl/α,β-unsaturated/α-hetero) is 1. The first-order chi connectivity index (χ1) is 21.7. The van der Waals surface area contributed by atoms with Gasteiger partial charge in [-0.25, -0.2) is 4.79 Å². The fourth-order valence-corrected chi connectivity index (χ4v) is 5.54. The zero-order valence-electron chi connectivity index (χ0n) is 25.4. The van der Waals surface area contributed by atoms with Crippen molar-refractivity contribution < 1.29 is 23.9 Å². The molecule has 45 heavy (non-hydrogen) atoms. The van der Waals surface area contributed by atoms with Crippen LogP contribution in [0.3, 0.4) is 0 Å². The van der Waals surface area contributed by atoms with Gasteiger partial charge in [-0.2, -0.15) is 9.78 Å². The van der Waals surface area contributed by atoms with Crippen molar-refractivity contribution in [2.24, 2.45) is 5.73 Å². The van der Waals surface area contributed by atoms with Crippen molar-refractivity contribution in [3.05, 3.63) is 83.8 Å². The van der Waals surface area contributed by atoms with Gasteiger partial charge in [-0.3, -0.25) is 14.6 Å². The maximum atomic E-state index is 14.0. The van der Waals surface area contributed by atoms with Crippen molar-refractivity contribution in [2.45, 2.75) is 42.6 Å². The minimum absolute atomic E-state index is 0.0241. The van der Waals surface area contributed by atoms with Crippen molar-refractivity contribution in [2.75, 3.05) is 26.7 Å². The molecule has 11 nitrogen and oxygen atoms in total. The molecule has 2 aromatic carbocycles. The average molecular weight is 629 g/mol. The number of amides is 2. The molecule has 234 valence electrons. The summed E-state index contributed by atoms with van der Waals surface area (Å²) in [6.07, 6.45) is 4.74. The van der Waals surface area contributed by atoms with Gasteiger partial charge in [-0.15, -0.1) is 0 Å². The van der Waals surface area contributed by atoms with Crippen molar-refractivity contribution in [1.29, 1.82) is 0 Å². The van der Waals surface area contributed by atoms with E-state index in [0.717, 1.165) is 20.9 Å². The third kappa shape index (κ3) is 8.87. The van der Waals surface area contributed by atoms with Gasteiger partial charge in [0.2, 0.25) is 0 Å². The number of nitrogens with zero attached hydrogens (tertiary/aromatic N) is 4. The van der Waals surface area contributed by atoms with E-state index in [2.05, 4.69) is 15.4 Å². The van der Waals surface area contributed by atoms with Gasteiger partial charge in [0, 0.05) is 47.9 Å². The van der Waals surface area contributed by atoms with E-state index in [1.165, 1.54) is 28.3 Å². The molecule has 0 saturated carbocycles. The Morgan fingerprint density at radius 1 is 1.07 bits per heavy atom. The molecule has 3 N–H and O–H groups in total. The first kappa shape index (κ1) is 33.1. The largest absolute Gasteiger partial charge is 0.461 e. The van der Waals surface area contributed by atoms with Crippen molar-refractivity contribution >= 4 is 58.5 Å². The maximum Gasteiger partial charge on any atom is 0.345 e. The molecule has 0 saturated heterocycles. The highest BCUT2D eigenvalue weighted by Crippen LogP contribution is 2.33. The number of pyridine rings is 1. The third-order valence-corrected chi connectivity index (χ3v) is 7.77. The van der Waals surface area contributed by atoms with Gasteiger partial charge in [0.05, 0.1) is 35.4 Å². The van der Waals surface area contributed by atoms with Crippen LogP contribution < -0.4 is 11.1 Å². The van der Waals surface area contributed by atoms with E-state index in [-0.39, 0.29) is 44.2 Å². The van der Waals surface area contributed by atoms with E-state index in [1.807, 2.05) is 54.6 Å². The van der Waals surface area contributed by atoms with Gasteiger partial charge >= 0.3 is 12.0 Å². The summed E-state index contributed by atoms with van der Waals surface area (Å²) in [5.74, 6) is -0.814. The lowest BCUT2D eigenvalue weighted by molar-refractivity contribution is -0.149. The molecule has 0 aliphatic carbocycles. The third-order valence-electron chi connectivity index (χ3n) is 6.71. The molecular weight excluding hydrogens is 592 g/mol. The number of carbonyl (C=O) groups is 4. The van der Waals surface area contributed by atoms with Crippen LogP contribution in [0.15, 0.2) is 76.7 Å². The summed E-state index contributed by atoms with van der Waals surface area (Å²) < 4.78 is 6.78. The lowest BCUT2D eigenvalue weighted by Crippen LogP contribution is -2.43. The van der Waals surface area contributed by atoms with Gasteiger partial charge in [-0.05, 0) is 68.5 Å². The lowest BCUT2D eigenvalue weighted by atomic mass is 10.2. The second-order valence-corrected chi connectivity index (χ2v) is 11.4.